The minimum absolute atomic E-state index is 0.0606. The van der Waals surface area contributed by atoms with Crippen molar-refractivity contribution in [3.63, 3.8) is 0 Å². The van der Waals surface area contributed by atoms with Gasteiger partial charge in [0.2, 0.25) is 10.0 Å². The van der Waals surface area contributed by atoms with E-state index >= 15 is 0 Å². The zero-order valence-electron chi connectivity index (χ0n) is 15.2. The van der Waals surface area contributed by atoms with Crippen molar-refractivity contribution < 1.29 is 13.2 Å². The zero-order chi connectivity index (χ0) is 18.9. The molecular weight excluding hydrogens is 374 g/mol. The van der Waals surface area contributed by atoms with Gasteiger partial charge >= 0.3 is 0 Å². The Kier molecular flexibility index (Phi) is 5.72. The van der Waals surface area contributed by atoms with Gasteiger partial charge in [0, 0.05) is 25.2 Å². The van der Waals surface area contributed by atoms with E-state index in [1.54, 1.807) is 25.3 Å². The van der Waals surface area contributed by atoms with Gasteiger partial charge in [0.1, 0.15) is 4.90 Å². The summed E-state index contributed by atoms with van der Waals surface area (Å²) in [5, 5.41) is 7.47. The van der Waals surface area contributed by atoms with E-state index in [2.05, 4.69) is 10.2 Å². The topological polar surface area (TPSA) is 75.3 Å². The number of hydrogen-bond donors (Lipinski definition) is 1. The smallest absolute Gasteiger partial charge is 0.246 e. The number of rotatable bonds is 5. The number of nitrogens with zero attached hydrogens (tertiary/aromatic N) is 2. The molecule has 0 saturated carbocycles. The molecule has 1 N–H and O–H groups in total. The van der Waals surface area contributed by atoms with Gasteiger partial charge in [-0.3, -0.25) is 5.10 Å². The highest BCUT2D eigenvalue weighted by atomic mass is 35.5. The first kappa shape index (κ1) is 19.4. The molecular formula is C18H24ClN3O3S. The van der Waals surface area contributed by atoms with Crippen LogP contribution in [0.25, 0.3) is 0 Å². The van der Waals surface area contributed by atoms with Gasteiger partial charge in [-0.15, -0.1) is 0 Å². The molecule has 1 aromatic heterocycles. The van der Waals surface area contributed by atoms with Crippen LogP contribution in [0.3, 0.4) is 0 Å². The summed E-state index contributed by atoms with van der Waals surface area (Å²) in [6.45, 7) is 4.40. The van der Waals surface area contributed by atoms with Crippen LogP contribution in [0.15, 0.2) is 29.2 Å². The molecule has 26 heavy (non-hydrogen) atoms. The molecule has 8 heteroatoms. The molecule has 3 rings (SSSR count). The Hall–Kier alpha value is -1.41. The Labute approximate surface area is 159 Å². The highest BCUT2D eigenvalue weighted by Gasteiger charge is 2.35. The molecule has 2 aromatic rings. The average Bonchev–Trinajstić information content (AvgIpc) is 2.97. The maximum atomic E-state index is 13.0. The van der Waals surface area contributed by atoms with Gasteiger partial charge in [-0.2, -0.15) is 9.40 Å². The van der Waals surface area contributed by atoms with Crippen molar-refractivity contribution in [3.05, 3.63) is 46.2 Å². The molecule has 1 unspecified atom stereocenters. The zero-order valence-corrected chi connectivity index (χ0v) is 16.8. The van der Waals surface area contributed by atoms with Crippen LogP contribution in [0.1, 0.15) is 35.9 Å². The van der Waals surface area contributed by atoms with E-state index in [1.807, 2.05) is 24.3 Å². The second-order valence-electron chi connectivity index (χ2n) is 6.71. The molecule has 0 radical (unpaired) electrons. The standard InChI is InChI=1S/C18H24ClN3O3S/c1-12-18(13(2)21-20-12)26(23,24)22-10-8-15(9-11-22)17(25-3)14-4-6-16(19)7-5-14/h4-7,15,17H,8-11H2,1-3H3,(H,20,21). The van der Waals surface area contributed by atoms with Crippen molar-refractivity contribution in [1.29, 1.82) is 0 Å². The molecule has 1 aliphatic rings. The normalized spacial score (nSPS) is 18.2. The van der Waals surface area contributed by atoms with Crippen molar-refractivity contribution >= 4 is 21.6 Å². The maximum absolute atomic E-state index is 13.0. The molecule has 142 valence electrons. The summed E-state index contributed by atoms with van der Waals surface area (Å²) in [7, 11) is -1.83. The third kappa shape index (κ3) is 3.67. The van der Waals surface area contributed by atoms with E-state index in [0.29, 0.717) is 34.4 Å². The number of aryl methyl sites for hydroxylation is 2. The van der Waals surface area contributed by atoms with Gasteiger partial charge in [0.15, 0.2) is 0 Å². The molecule has 0 amide bonds. The van der Waals surface area contributed by atoms with Crippen LogP contribution < -0.4 is 0 Å². The molecule has 1 fully saturated rings. The molecule has 1 saturated heterocycles. The van der Waals surface area contributed by atoms with Crippen LogP contribution in [-0.4, -0.2) is 43.1 Å². The fourth-order valence-electron chi connectivity index (χ4n) is 3.72. The van der Waals surface area contributed by atoms with Crippen LogP contribution in [-0.2, 0) is 14.8 Å². The Morgan fingerprint density at radius 1 is 1.23 bits per heavy atom. The summed E-state index contributed by atoms with van der Waals surface area (Å²) in [6.07, 6.45) is 1.43. The molecule has 0 aliphatic carbocycles. The first-order valence-corrected chi connectivity index (χ1v) is 10.5. The number of halogens is 1. The summed E-state index contributed by atoms with van der Waals surface area (Å²) in [5.74, 6) is 0.263. The third-order valence-corrected chi connectivity index (χ3v) is 7.45. The molecule has 1 aromatic carbocycles. The van der Waals surface area contributed by atoms with Gasteiger partial charge in [-0.05, 0) is 50.3 Å². The number of piperidine rings is 1. The van der Waals surface area contributed by atoms with Crippen molar-refractivity contribution in [2.24, 2.45) is 5.92 Å². The maximum Gasteiger partial charge on any atom is 0.246 e. The van der Waals surface area contributed by atoms with Gasteiger partial charge in [0.25, 0.3) is 0 Å². The number of methoxy groups -OCH3 is 1. The van der Waals surface area contributed by atoms with Gasteiger partial charge in [-0.25, -0.2) is 8.42 Å². The summed E-state index contributed by atoms with van der Waals surface area (Å²) >= 11 is 5.97. The van der Waals surface area contributed by atoms with E-state index in [0.717, 1.165) is 18.4 Å². The van der Waals surface area contributed by atoms with Gasteiger partial charge in [0.05, 0.1) is 17.5 Å². The second kappa shape index (κ2) is 7.68. The first-order valence-electron chi connectivity index (χ1n) is 8.64. The number of sulfonamides is 1. The molecule has 2 heterocycles. The van der Waals surface area contributed by atoms with Gasteiger partial charge in [-0.1, -0.05) is 23.7 Å². The highest BCUT2D eigenvalue weighted by Crippen LogP contribution is 2.35. The molecule has 0 spiro atoms. The van der Waals surface area contributed by atoms with Crippen molar-refractivity contribution in [1.82, 2.24) is 14.5 Å². The lowest BCUT2D eigenvalue weighted by Crippen LogP contribution is -2.40. The Morgan fingerprint density at radius 2 is 1.85 bits per heavy atom. The Bertz CT molecular complexity index is 837. The quantitative estimate of drug-likeness (QED) is 0.838. The Morgan fingerprint density at radius 3 is 2.35 bits per heavy atom. The lowest BCUT2D eigenvalue weighted by molar-refractivity contribution is 0.0303. The number of ether oxygens (including phenoxy) is 1. The fourth-order valence-corrected chi connectivity index (χ4v) is 5.65. The summed E-state index contributed by atoms with van der Waals surface area (Å²) in [4.78, 5) is 0.303. The van der Waals surface area contributed by atoms with E-state index in [9.17, 15) is 8.42 Å². The van der Waals surface area contributed by atoms with E-state index in [-0.39, 0.29) is 12.0 Å². The fraction of sp³-hybridized carbons (Fsp3) is 0.500. The minimum atomic E-state index is -3.52. The molecule has 1 atom stereocenters. The minimum Gasteiger partial charge on any atom is -0.376 e. The van der Waals surface area contributed by atoms with Crippen molar-refractivity contribution in [2.75, 3.05) is 20.2 Å². The van der Waals surface area contributed by atoms with Crippen LogP contribution in [0.4, 0.5) is 0 Å². The van der Waals surface area contributed by atoms with Crippen molar-refractivity contribution in [2.45, 2.75) is 37.7 Å². The Balaban J connectivity index is 1.73. The first-order chi connectivity index (χ1) is 12.3. The number of H-pyrrole nitrogens is 1. The number of aromatic amines is 1. The molecule has 6 nitrogen and oxygen atoms in total. The predicted octanol–water partition coefficient (Wildman–Crippen LogP) is 3.47. The van der Waals surface area contributed by atoms with Crippen LogP contribution >= 0.6 is 11.6 Å². The largest absolute Gasteiger partial charge is 0.376 e. The van der Waals surface area contributed by atoms with Crippen LogP contribution in [0, 0.1) is 19.8 Å². The predicted molar refractivity (Wildman–Crippen MR) is 101 cm³/mol. The molecule has 0 bridgehead atoms. The average molecular weight is 398 g/mol. The monoisotopic (exact) mass is 397 g/mol. The number of nitrogens with one attached hydrogen (secondary N) is 1. The van der Waals surface area contributed by atoms with Crippen LogP contribution in [0.5, 0.6) is 0 Å². The second-order valence-corrected chi connectivity index (χ2v) is 9.02. The number of aromatic nitrogens is 2. The number of hydrogen-bond acceptors (Lipinski definition) is 4. The van der Waals surface area contributed by atoms with E-state index in [4.69, 9.17) is 16.3 Å². The lowest BCUT2D eigenvalue weighted by atomic mass is 9.88. The molecule has 1 aliphatic heterocycles. The highest BCUT2D eigenvalue weighted by molar-refractivity contribution is 7.89. The number of benzene rings is 1. The van der Waals surface area contributed by atoms with E-state index in [1.165, 1.54) is 0 Å². The lowest BCUT2D eigenvalue weighted by Gasteiger charge is -2.35. The summed E-state index contributed by atoms with van der Waals surface area (Å²) in [6, 6.07) is 7.65. The van der Waals surface area contributed by atoms with Gasteiger partial charge < -0.3 is 4.74 Å². The van der Waals surface area contributed by atoms with Crippen LogP contribution in [0.2, 0.25) is 5.02 Å². The third-order valence-electron chi connectivity index (χ3n) is 5.04. The summed E-state index contributed by atoms with van der Waals surface area (Å²) < 4.78 is 33.2. The SMILES string of the molecule is COC(c1ccc(Cl)cc1)C1CCN(S(=O)(=O)c2c(C)n[nH]c2C)CC1. The van der Waals surface area contributed by atoms with E-state index < -0.39 is 10.0 Å². The van der Waals surface area contributed by atoms with Crippen molar-refractivity contribution in [3.8, 4) is 0 Å². The summed E-state index contributed by atoms with van der Waals surface area (Å²) in [5.41, 5.74) is 2.17.